The van der Waals surface area contributed by atoms with Crippen molar-refractivity contribution in [2.75, 3.05) is 26.3 Å². The molecular weight excluding hydrogens is 330 g/mol. The Balaban J connectivity index is 1.35. The third-order valence-electron chi connectivity index (χ3n) is 3.98. The van der Waals surface area contributed by atoms with E-state index >= 15 is 0 Å². The lowest BCUT2D eigenvalue weighted by Crippen LogP contribution is -2.23. The van der Waals surface area contributed by atoms with Gasteiger partial charge in [-0.1, -0.05) is 18.2 Å². The molecule has 3 aromatic rings. The molecule has 1 heterocycles. The number of fused-ring (bicyclic) bond motifs is 1. The molecule has 0 aliphatic rings. The molecule has 0 unspecified atom stereocenters. The molecule has 0 saturated carbocycles. The van der Waals surface area contributed by atoms with Crippen molar-refractivity contribution in [3.63, 3.8) is 0 Å². The third-order valence-corrected chi connectivity index (χ3v) is 3.98. The fourth-order valence-electron chi connectivity index (χ4n) is 2.66. The summed E-state index contributed by atoms with van der Waals surface area (Å²) < 4.78 is 16.6. The van der Waals surface area contributed by atoms with Crippen molar-refractivity contribution in [1.29, 1.82) is 0 Å². The molecule has 5 heteroatoms. The van der Waals surface area contributed by atoms with Crippen LogP contribution in [0.3, 0.4) is 0 Å². The first-order chi connectivity index (χ1) is 12.7. The Morgan fingerprint density at radius 1 is 0.923 bits per heavy atom. The summed E-state index contributed by atoms with van der Waals surface area (Å²) in [5.41, 5.74) is 1.12. The largest absolute Gasteiger partial charge is 0.494 e. The van der Waals surface area contributed by atoms with Crippen molar-refractivity contribution in [3.8, 4) is 11.5 Å². The predicted molar refractivity (Wildman–Crippen MR) is 102 cm³/mol. The maximum Gasteiger partial charge on any atom is 0.336 e. The van der Waals surface area contributed by atoms with E-state index in [1.54, 1.807) is 6.07 Å². The summed E-state index contributed by atoms with van der Waals surface area (Å²) in [5.74, 6) is 1.59. The van der Waals surface area contributed by atoms with Gasteiger partial charge in [0.15, 0.2) is 0 Å². The highest BCUT2D eigenvalue weighted by atomic mass is 16.5. The van der Waals surface area contributed by atoms with E-state index < -0.39 is 0 Å². The molecule has 0 aliphatic heterocycles. The van der Waals surface area contributed by atoms with Gasteiger partial charge in [0.1, 0.15) is 23.7 Å². The van der Waals surface area contributed by atoms with Gasteiger partial charge < -0.3 is 19.2 Å². The van der Waals surface area contributed by atoms with E-state index in [4.69, 9.17) is 13.9 Å². The first kappa shape index (κ1) is 18.0. The average molecular weight is 353 g/mol. The van der Waals surface area contributed by atoms with Gasteiger partial charge in [-0.3, -0.25) is 0 Å². The molecule has 0 atom stereocenters. The van der Waals surface area contributed by atoms with Gasteiger partial charge in [-0.2, -0.15) is 0 Å². The molecule has 1 aromatic heterocycles. The number of nitrogens with one attached hydrogen (secondary N) is 1. The molecule has 26 heavy (non-hydrogen) atoms. The molecular formula is C21H23NO4. The lowest BCUT2D eigenvalue weighted by molar-refractivity contribution is 0.294. The Hall–Kier alpha value is -2.79. The van der Waals surface area contributed by atoms with Crippen molar-refractivity contribution in [2.45, 2.75) is 13.3 Å². The summed E-state index contributed by atoms with van der Waals surface area (Å²) in [6.07, 6.45) is 0.926. The quantitative estimate of drug-likeness (QED) is 0.471. The molecule has 2 aromatic carbocycles. The third kappa shape index (κ3) is 5.10. The molecule has 0 aliphatic carbocycles. The summed E-state index contributed by atoms with van der Waals surface area (Å²) in [7, 11) is 0. The lowest BCUT2D eigenvalue weighted by Gasteiger charge is -2.09. The van der Waals surface area contributed by atoms with Gasteiger partial charge in [0.2, 0.25) is 0 Å². The molecule has 5 nitrogen and oxygen atoms in total. The van der Waals surface area contributed by atoms with E-state index in [1.807, 2.05) is 49.4 Å². The second-order valence-corrected chi connectivity index (χ2v) is 6.02. The molecule has 0 fully saturated rings. The van der Waals surface area contributed by atoms with Crippen molar-refractivity contribution in [2.24, 2.45) is 0 Å². The highest BCUT2D eigenvalue weighted by Crippen LogP contribution is 2.22. The van der Waals surface area contributed by atoms with Crippen LogP contribution in [0.1, 0.15) is 12.0 Å². The van der Waals surface area contributed by atoms with Crippen LogP contribution in [0.15, 0.2) is 63.8 Å². The summed E-state index contributed by atoms with van der Waals surface area (Å²) in [4.78, 5) is 11.5. The lowest BCUT2D eigenvalue weighted by atomic mass is 10.1. The highest BCUT2D eigenvalue weighted by molar-refractivity contribution is 5.81. The number of hydrogen-bond donors (Lipinski definition) is 1. The number of rotatable bonds is 9. The van der Waals surface area contributed by atoms with E-state index in [9.17, 15) is 4.79 Å². The Kier molecular flexibility index (Phi) is 6.28. The maximum absolute atomic E-state index is 11.5. The van der Waals surface area contributed by atoms with Crippen molar-refractivity contribution < 1.29 is 13.9 Å². The minimum atomic E-state index is -0.341. The zero-order valence-electron chi connectivity index (χ0n) is 14.9. The van der Waals surface area contributed by atoms with E-state index in [0.717, 1.165) is 36.2 Å². The number of benzene rings is 2. The fourth-order valence-corrected chi connectivity index (χ4v) is 2.66. The first-order valence-corrected chi connectivity index (χ1v) is 8.78. The maximum atomic E-state index is 11.5. The zero-order chi connectivity index (χ0) is 18.2. The van der Waals surface area contributed by atoms with E-state index in [1.165, 1.54) is 6.07 Å². The van der Waals surface area contributed by atoms with Gasteiger partial charge in [-0.15, -0.1) is 0 Å². The average Bonchev–Trinajstić information content (AvgIpc) is 2.64. The topological polar surface area (TPSA) is 60.7 Å². The van der Waals surface area contributed by atoms with Crippen LogP contribution < -0.4 is 20.4 Å². The van der Waals surface area contributed by atoms with Crippen LogP contribution in [-0.4, -0.2) is 26.3 Å². The van der Waals surface area contributed by atoms with Crippen LogP contribution in [0.5, 0.6) is 11.5 Å². The molecule has 0 amide bonds. The van der Waals surface area contributed by atoms with Crippen molar-refractivity contribution in [3.05, 3.63) is 70.6 Å². The number of para-hydroxylation sites is 1. The van der Waals surface area contributed by atoms with Crippen molar-refractivity contribution in [1.82, 2.24) is 5.32 Å². The predicted octanol–water partition coefficient (Wildman–Crippen LogP) is 3.54. The van der Waals surface area contributed by atoms with E-state index in [-0.39, 0.29) is 5.63 Å². The van der Waals surface area contributed by atoms with Crippen LogP contribution in [0.4, 0.5) is 0 Å². The second kappa shape index (κ2) is 9.06. The second-order valence-electron chi connectivity index (χ2n) is 6.02. The van der Waals surface area contributed by atoms with Crippen LogP contribution in [0, 0.1) is 6.92 Å². The van der Waals surface area contributed by atoms with Gasteiger partial charge >= 0.3 is 5.63 Å². The number of hydrogen-bond acceptors (Lipinski definition) is 5. The van der Waals surface area contributed by atoms with Crippen LogP contribution in [0.2, 0.25) is 0 Å². The Bertz CT molecular complexity index is 889. The van der Waals surface area contributed by atoms with Crippen LogP contribution in [0.25, 0.3) is 11.0 Å². The zero-order valence-corrected chi connectivity index (χ0v) is 14.9. The summed E-state index contributed by atoms with van der Waals surface area (Å²) in [6, 6.07) is 16.9. The fraction of sp³-hybridized carbons (Fsp3) is 0.286. The normalized spacial score (nSPS) is 10.8. The minimum absolute atomic E-state index is 0.341. The molecule has 1 N–H and O–H groups in total. The van der Waals surface area contributed by atoms with Gasteiger partial charge in [0.25, 0.3) is 0 Å². The smallest absolute Gasteiger partial charge is 0.336 e. The van der Waals surface area contributed by atoms with Crippen molar-refractivity contribution >= 4 is 11.0 Å². The molecule has 0 bridgehead atoms. The van der Waals surface area contributed by atoms with Gasteiger partial charge in [-0.05, 0) is 49.7 Å². The molecule has 0 spiro atoms. The Morgan fingerprint density at radius 2 is 1.73 bits per heavy atom. The standard InChI is InChI=1S/C21H23NO4/c1-16-14-21(23)26-20-15-18(8-9-19(16)20)25-13-11-22-10-5-12-24-17-6-3-2-4-7-17/h2-4,6-9,14-15,22H,5,10-13H2,1H3. The summed E-state index contributed by atoms with van der Waals surface area (Å²) in [6.45, 7) is 4.72. The molecule has 0 radical (unpaired) electrons. The number of aryl methyl sites for hydroxylation is 1. The molecule has 0 saturated heterocycles. The Morgan fingerprint density at radius 3 is 2.58 bits per heavy atom. The van der Waals surface area contributed by atoms with Crippen LogP contribution in [-0.2, 0) is 0 Å². The minimum Gasteiger partial charge on any atom is -0.494 e. The van der Waals surface area contributed by atoms with Gasteiger partial charge in [0.05, 0.1) is 6.61 Å². The van der Waals surface area contributed by atoms with E-state index in [0.29, 0.717) is 24.5 Å². The molecule has 3 rings (SSSR count). The molecule has 136 valence electrons. The van der Waals surface area contributed by atoms with Gasteiger partial charge in [0, 0.05) is 24.1 Å². The highest BCUT2D eigenvalue weighted by Gasteiger charge is 2.04. The Labute approximate surface area is 152 Å². The summed E-state index contributed by atoms with van der Waals surface area (Å²) in [5, 5.41) is 4.24. The summed E-state index contributed by atoms with van der Waals surface area (Å²) >= 11 is 0. The first-order valence-electron chi connectivity index (χ1n) is 8.78. The monoisotopic (exact) mass is 353 g/mol. The number of ether oxygens (including phenoxy) is 2. The SMILES string of the molecule is Cc1cc(=O)oc2cc(OCCNCCCOc3ccccc3)ccc12. The van der Waals surface area contributed by atoms with Crippen LogP contribution >= 0.6 is 0 Å². The van der Waals surface area contributed by atoms with Gasteiger partial charge in [-0.25, -0.2) is 4.79 Å². The van der Waals surface area contributed by atoms with E-state index in [2.05, 4.69) is 5.32 Å².